The molecule has 0 aliphatic carbocycles. The molecule has 4 rings (SSSR count). The van der Waals surface area contributed by atoms with E-state index in [1.807, 2.05) is 24.3 Å². The van der Waals surface area contributed by atoms with Gasteiger partial charge in [0.1, 0.15) is 12.1 Å². The van der Waals surface area contributed by atoms with Crippen molar-refractivity contribution in [1.29, 1.82) is 0 Å². The number of aromatic nitrogens is 3. The van der Waals surface area contributed by atoms with Crippen LogP contribution in [0.2, 0.25) is 0 Å². The molecule has 0 bridgehead atoms. The molecule has 7 heteroatoms. The predicted octanol–water partition coefficient (Wildman–Crippen LogP) is 2.36. The summed E-state index contributed by atoms with van der Waals surface area (Å²) in [6, 6.07) is 11.1. The highest BCUT2D eigenvalue weighted by Gasteiger charge is 2.33. The Balaban J connectivity index is 1.55. The van der Waals surface area contributed by atoms with Gasteiger partial charge in [-0.1, -0.05) is 18.2 Å². The summed E-state index contributed by atoms with van der Waals surface area (Å²) in [7, 11) is 1.73. The van der Waals surface area contributed by atoms with Crippen molar-refractivity contribution in [3.05, 3.63) is 66.9 Å². The number of fused-ring (bicyclic) bond motifs is 1. The molecular weight excluding hydrogens is 330 g/mol. The fraction of sp³-hybridized carbons (Fsp3) is 0.158. The lowest BCUT2D eigenvalue weighted by atomic mass is 9.89. The maximum absolute atomic E-state index is 12.8. The van der Waals surface area contributed by atoms with E-state index in [-0.39, 0.29) is 18.2 Å². The van der Waals surface area contributed by atoms with Crippen molar-refractivity contribution >= 4 is 23.2 Å². The zero-order valence-corrected chi connectivity index (χ0v) is 14.2. The van der Waals surface area contributed by atoms with E-state index in [1.165, 1.54) is 0 Å². The van der Waals surface area contributed by atoms with Crippen LogP contribution < -0.4 is 10.2 Å². The van der Waals surface area contributed by atoms with Gasteiger partial charge in [-0.3, -0.25) is 14.2 Å². The van der Waals surface area contributed by atoms with Crippen molar-refractivity contribution in [2.75, 3.05) is 17.3 Å². The van der Waals surface area contributed by atoms with Gasteiger partial charge in [0.05, 0.1) is 17.8 Å². The highest BCUT2D eigenvalue weighted by Crippen LogP contribution is 2.35. The molecule has 0 spiro atoms. The van der Waals surface area contributed by atoms with Crippen LogP contribution in [0.15, 0.2) is 61.3 Å². The second kappa shape index (κ2) is 6.44. The van der Waals surface area contributed by atoms with Crippen LogP contribution in [-0.4, -0.2) is 33.4 Å². The van der Waals surface area contributed by atoms with Crippen molar-refractivity contribution in [3.63, 3.8) is 0 Å². The number of imidazole rings is 1. The number of para-hydroxylation sites is 1. The van der Waals surface area contributed by atoms with Crippen LogP contribution in [0.4, 0.5) is 11.4 Å². The van der Waals surface area contributed by atoms with E-state index in [2.05, 4.69) is 15.3 Å². The highest BCUT2D eigenvalue weighted by atomic mass is 16.2. The Morgan fingerprint density at radius 3 is 2.81 bits per heavy atom. The minimum atomic E-state index is -0.511. The summed E-state index contributed by atoms with van der Waals surface area (Å²) in [4.78, 5) is 34.9. The second-order valence-electron chi connectivity index (χ2n) is 6.13. The number of carbonyl (C=O) groups excluding carboxylic acids is 2. The second-order valence-corrected chi connectivity index (χ2v) is 6.13. The Labute approximate surface area is 150 Å². The number of anilines is 2. The Kier molecular flexibility index (Phi) is 3.96. The SMILES string of the molecule is CN1C(=O)C[C@H](C(=O)Nc2ccc(-n3ccnc3)nc2)c2ccccc21. The number of nitrogens with zero attached hydrogens (tertiary/aromatic N) is 4. The topological polar surface area (TPSA) is 80.1 Å². The average molecular weight is 347 g/mol. The normalized spacial score (nSPS) is 16.3. The summed E-state index contributed by atoms with van der Waals surface area (Å²) < 4.78 is 1.78. The predicted molar refractivity (Wildman–Crippen MR) is 97.2 cm³/mol. The molecule has 0 saturated heterocycles. The molecule has 1 aromatic carbocycles. The fourth-order valence-corrected chi connectivity index (χ4v) is 3.11. The molecule has 26 heavy (non-hydrogen) atoms. The van der Waals surface area contributed by atoms with Gasteiger partial charge in [0.15, 0.2) is 0 Å². The number of rotatable bonds is 3. The molecule has 1 atom stereocenters. The summed E-state index contributed by atoms with van der Waals surface area (Å²) >= 11 is 0. The van der Waals surface area contributed by atoms with Crippen molar-refractivity contribution in [2.45, 2.75) is 12.3 Å². The number of hydrogen-bond acceptors (Lipinski definition) is 4. The first-order valence-corrected chi connectivity index (χ1v) is 8.24. The van der Waals surface area contributed by atoms with E-state index in [0.717, 1.165) is 11.3 Å². The number of amides is 2. The lowest BCUT2D eigenvalue weighted by Crippen LogP contribution is -2.37. The minimum Gasteiger partial charge on any atom is -0.324 e. The van der Waals surface area contributed by atoms with Gasteiger partial charge in [-0.25, -0.2) is 9.97 Å². The minimum absolute atomic E-state index is 0.0718. The smallest absolute Gasteiger partial charge is 0.232 e. The molecular formula is C19H17N5O2. The Bertz CT molecular complexity index is 950. The van der Waals surface area contributed by atoms with Gasteiger partial charge in [0.25, 0.3) is 0 Å². The van der Waals surface area contributed by atoms with Crippen LogP contribution in [-0.2, 0) is 9.59 Å². The van der Waals surface area contributed by atoms with E-state index in [9.17, 15) is 9.59 Å². The summed E-state index contributed by atoms with van der Waals surface area (Å²) in [6.07, 6.45) is 6.87. The molecule has 0 radical (unpaired) electrons. The summed E-state index contributed by atoms with van der Waals surface area (Å²) in [5.41, 5.74) is 2.22. The number of benzene rings is 1. The molecule has 3 aromatic rings. The van der Waals surface area contributed by atoms with Crippen LogP contribution in [0.1, 0.15) is 17.9 Å². The standard InChI is InChI=1S/C19H17N5O2/c1-23-16-5-3-2-4-14(16)15(10-18(23)25)19(26)22-13-6-7-17(21-11-13)24-9-8-20-12-24/h2-9,11-12,15H,10H2,1H3,(H,22,26)/t15-/m0/s1. The zero-order chi connectivity index (χ0) is 18.1. The largest absolute Gasteiger partial charge is 0.324 e. The van der Waals surface area contributed by atoms with Gasteiger partial charge < -0.3 is 10.2 Å². The van der Waals surface area contributed by atoms with Crippen LogP contribution >= 0.6 is 0 Å². The maximum Gasteiger partial charge on any atom is 0.232 e. The van der Waals surface area contributed by atoms with Gasteiger partial charge in [-0.2, -0.15) is 0 Å². The fourth-order valence-electron chi connectivity index (χ4n) is 3.11. The number of hydrogen-bond donors (Lipinski definition) is 1. The first-order valence-electron chi connectivity index (χ1n) is 8.24. The number of carbonyl (C=O) groups is 2. The third kappa shape index (κ3) is 2.83. The molecule has 0 saturated carbocycles. The van der Waals surface area contributed by atoms with Crippen LogP contribution in [0.3, 0.4) is 0 Å². The van der Waals surface area contributed by atoms with Crippen LogP contribution in [0.25, 0.3) is 5.82 Å². The van der Waals surface area contributed by atoms with E-state index < -0.39 is 5.92 Å². The van der Waals surface area contributed by atoms with Crippen molar-refractivity contribution in [2.24, 2.45) is 0 Å². The van der Waals surface area contributed by atoms with Crippen molar-refractivity contribution in [1.82, 2.24) is 14.5 Å². The Morgan fingerprint density at radius 2 is 2.08 bits per heavy atom. The molecule has 3 heterocycles. The van der Waals surface area contributed by atoms with E-state index in [0.29, 0.717) is 11.5 Å². The average Bonchev–Trinajstić information content (AvgIpc) is 3.20. The maximum atomic E-state index is 12.8. The Morgan fingerprint density at radius 1 is 1.23 bits per heavy atom. The summed E-state index contributed by atoms with van der Waals surface area (Å²) in [5.74, 6) is -0.0861. The van der Waals surface area contributed by atoms with E-state index >= 15 is 0 Å². The Hall–Kier alpha value is -3.48. The lowest BCUT2D eigenvalue weighted by molar-refractivity contribution is -0.124. The van der Waals surface area contributed by atoms with Crippen LogP contribution in [0, 0.1) is 0 Å². The molecule has 1 aliphatic heterocycles. The van der Waals surface area contributed by atoms with Crippen molar-refractivity contribution < 1.29 is 9.59 Å². The molecule has 1 N–H and O–H groups in total. The first kappa shape index (κ1) is 16.0. The van der Waals surface area contributed by atoms with Crippen LogP contribution in [0.5, 0.6) is 0 Å². The van der Waals surface area contributed by atoms with Gasteiger partial charge in [-0.15, -0.1) is 0 Å². The molecule has 0 unspecified atom stereocenters. The lowest BCUT2D eigenvalue weighted by Gasteiger charge is -2.30. The molecule has 2 amide bonds. The summed E-state index contributed by atoms with van der Waals surface area (Å²) in [6.45, 7) is 0. The number of pyridine rings is 1. The van der Waals surface area contributed by atoms with Crippen molar-refractivity contribution in [3.8, 4) is 5.82 Å². The van der Waals surface area contributed by atoms with Gasteiger partial charge in [0.2, 0.25) is 11.8 Å². The van der Waals surface area contributed by atoms with E-state index in [1.54, 1.807) is 53.6 Å². The monoisotopic (exact) mass is 347 g/mol. The summed E-state index contributed by atoms with van der Waals surface area (Å²) in [5, 5.41) is 2.86. The molecule has 130 valence electrons. The van der Waals surface area contributed by atoms with Gasteiger partial charge >= 0.3 is 0 Å². The number of nitrogens with one attached hydrogen (secondary N) is 1. The molecule has 7 nitrogen and oxygen atoms in total. The molecule has 1 aliphatic rings. The first-order chi connectivity index (χ1) is 12.6. The molecule has 2 aromatic heterocycles. The highest BCUT2D eigenvalue weighted by molar-refractivity contribution is 6.05. The van der Waals surface area contributed by atoms with E-state index in [4.69, 9.17) is 0 Å². The quantitative estimate of drug-likeness (QED) is 0.789. The zero-order valence-electron chi connectivity index (χ0n) is 14.2. The third-order valence-corrected chi connectivity index (χ3v) is 4.53. The molecule has 0 fully saturated rings. The van der Waals surface area contributed by atoms with Gasteiger partial charge in [0, 0.05) is 31.5 Å². The third-order valence-electron chi connectivity index (χ3n) is 4.53. The van der Waals surface area contributed by atoms with Gasteiger partial charge in [-0.05, 0) is 23.8 Å².